The maximum Gasteiger partial charge on any atom is 0.332 e. The van der Waals surface area contributed by atoms with Gasteiger partial charge < -0.3 is 5.11 Å². The van der Waals surface area contributed by atoms with Crippen LogP contribution in [0.5, 0.6) is 0 Å². The Morgan fingerprint density at radius 1 is 1.25 bits per heavy atom. The summed E-state index contributed by atoms with van der Waals surface area (Å²) in [4.78, 5) is 19.3. The molecule has 1 heterocycles. The molecule has 0 unspecified atom stereocenters. The van der Waals surface area contributed by atoms with Crippen molar-refractivity contribution < 1.29 is 14.7 Å². The largest absolute Gasteiger partial charge is 0.479 e. The molecule has 102 valence electrons. The molecule has 2 aromatic rings. The van der Waals surface area contributed by atoms with Crippen LogP contribution in [0.2, 0.25) is 0 Å². The number of carbonyl (C=O) groups is 1. The highest BCUT2D eigenvalue weighted by molar-refractivity contribution is 5.69. The van der Waals surface area contributed by atoms with E-state index in [-0.39, 0.29) is 0 Å². The van der Waals surface area contributed by atoms with Crippen LogP contribution in [0.25, 0.3) is 17.0 Å². The lowest BCUT2D eigenvalue weighted by atomic mass is 10.1. The minimum atomic E-state index is -1.05. The third-order valence-electron chi connectivity index (χ3n) is 2.59. The average molecular weight is 270 g/mol. The highest BCUT2D eigenvalue weighted by atomic mass is 16.7. The molecule has 5 heteroatoms. The van der Waals surface area contributed by atoms with Gasteiger partial charge in [0.1, 0.15) is 0 Å². The molecule has 0 fully saturated rings. The van der Waals surface area contributed by atoms with Crippen LogP contribution in [0.3, 0.4) is 0 Å². The van der Waals surface area contributed by atoms with Gasteiger partial charge >= 0.3 is 5.97 Å². The summed E-state index contributed by atoms with van der Waals surface area (Å²) in [5, 5.41) is 8.46. The van der Waals surface area contributed by atoms with Crippen molar-refractivity contribution >= 4 is 11.7 Å². The van der Waals surface area contributed by atoms with Crippen LogP contribution in [0.1, 0.15) is 5.56 Å². The molecule has 5 nitrogen and oxygen atoms in total. The van der Waals surface area contributed by atoms with Crippen LogP contribution in [0.15, 0.2) is 55.2 Å². The van der Waals surface area contributed by atoms with E-state index in [1.165, 1.54) is 0 Å². The molecule has 20 heavy (non-hydrogen) atoms. The summed E-state index contributed by atoms with van der Waals surface area (Å²) in [6.07, 6.45) is 1.74. The number of nitrogens with one attached hydrogen (secondary N) is 1. The second kappa shape index (κ2) is 6.49. The van der Waals surface area contributed by atoms with E-state index in [0.29, 0.717) is 5.70 Å². The van der Waals surface area contributed by atoms with Crippen molar-refractivity contribution in [2.24, 2.45) is 0 Å². The van der Waals surface area contributed by atoms with Crippen LogP contribution in [0.4, 0.5) is 0 Å². The Bertz CT molecular complexity index is 594. The fraction of sp³-hybridized carbons (Fsp3) is 0.0667. The minimum Gasteiger partial charge on any atom is -0.479 e. The number of aromatic nitrogens is 1. The smallest absolute Gasteiger partial charge is 0.332 e. The molecule has 0 aliphatic heterocycles. The number of aliphatic carboxylic acids is 1. The van der Waals surface area contributed by atoms with Gasteiger partial charge in [-0.05, 0) is 17.7 Å². The maximum absolute atomic E-state index is 10.3. The van der Waals surface area contributed by atoms with Crippen molar-refractivity contribution in [3.8, 4) is 11.3 Å². The topological polar surface area (TPSA) is 71.5 Å². The first kappa shape index (κ1) is 13.8. The molecule has 0 radical (unpaired) electrons. The van der Waals surface area contributed by atoms with E-state index in [1.54, 1.807) is 6.20 Å². The fourth-order valence-electron chi connectivity index (χ4n) is 1.62. The quantitative estimate of drug-likeness (QED) is 0.788. The SMILES string of the molecule is C=C(NOCC(=O)O)c1ccc(-c2ccccn2)cc1. The average Bonchev–Trinajstić information content (AvgIpc) is 2.48. The Labute approximate surface area is 116 Å². The van der Waals surface area contributed by atoms with Gasteiger partial charge in [0.15, 0.2) is 6.61 Å². The van der Waals surface area contributed by atoms with Crippen LogP contribution in [0, 0.1) is 0 Å². The van der Waals surface area contributed by atoms with Crippen LogP contribution in [-0.2, 0) is 9.63 Å². The van der Waals surface area contributed by atoms with Crippen molar-refractivity contribution in [2.45, 2.75) is 0 Å². The van der Waals surface area contributed by atoms with Gasteiger partial charge in [0.25, 0.3) is 0 Å². The van der Waals surface area contributed by atoms with E-state index in [2.05, 4.69) is 17.0 Å². The maximum atomic E-state index is 10.3. The van der Waals surface area contributed by atoms with E-state index in [0.717, 1.165) is 16.8 Å². The molecule has 2 N–H and O–H groups in total. The lowest BCUT2D eigenvalue weighted by Crippen LogP contribution is -2.18. The van der Waals surface area contributed by atoms with E-state index < -0.39 is 12.6 Å². The zero-order valence-corrected chi connectivity index (χ0v) is 10.7. The van der Waals surface area contributed by atoms with Crippen molar-refractivity contribution in [3.63, 3.8) is 0 Å². The van der Waals surface area contributed by atoms with Crippen molar-refractivity contribution in [3.05, 3.63) is 60.8 Å². The van der Waals surface area contributed by atoms with E-state index in [4.69, 9.17) is 9.94 Å². The first-order valence-corrected chi connectivity index (χ1v) is 5.97. The van der Waals surface area contributed by atoms with Crippen LogP contribution in [-0.4, -0.2) is 22.7 Å². The third-order valence-corrected chi connectivity index (χ3v) is 2.59. The van der Waals surface area contributed by atoms with Gasteiger partial charge in [-0.1, -0.05) is 36.9 Å². The summed E-state index contributed by atoms with van der Waals surface area (Å²) in [6.45, 7) is 3.35. The minimum absolute atomic E-state index is 0.426. The van der Waals surface area contributed by atoms with Gasteiger partial charge in [-0.25, -0.2) is 4.79 Å². The molecule has 0 spiro atoms. The molecule has 0 saturated heterocycles. The molecular weight excluding hydrogens is 256 g/mol. The number of benzene rings is 1. The summed E-state index contributed by atoms with van der Waals surface area (Å²) in [6, 6.07) is 13.3. The lowest BCUT2D eigenvalue weighted by Gasteiger charge is -2.09. The molecule has 0 atom stereocenters. The van der Waals surface area contributed by atoms with Crippen molar-refractivity contribution in [1.29, 1.82) is 0 Å². The Hall–Kier alpha value is -2.66. The zero-order valence-electron chi connectivity index (χ0n) is 10.7. The van der Waals surface area contributed by atoms with Gasteiger partial charge in [0, 0.05) is 11.8 Å². The van der Waals surface area contributed by atoms with E-state index in [9.17, 15) is 4.79 Å². The van der Waals surface area contributed by atoms with Crippen LogP contribution < -0.4 is 5.48 Å². The van der Waals surface area contributed by atoms with Gasteiger partial charge in [-0.2, -0.15) is 0 Å². The molecule has 1 aromatic heterocycles. The summed E-state index contributed by atoms with van der Waals surface area (Å²) < 4.78 is 0. The van der Waals surface area contributed by atoms with Crippen molar-refractivity contribution in [2.75, 3.05) is 6.61 Å². The number of rotatable bonds is 6. The summed E-state index contributed by atoms with van der Waals surface area (Å²) in [5.74, 6) is -1.05. The highest BCUT2D eigenvalue weighted by Gasteiger charge is 2.02. The van der Waals surface area contributed by atoms with Gasteiger partial charge in [-0.3, -0.25) is 15.3 Å². The van der Waals surface area contributed by atoms with Gasteiger partial charge in [-0.15, -0.1) is 0 Å². The first-order valence-electron chi connectivity index (χ1n) is 5.97. The van der Waals surface area contributed by atoms with Gasteiger partial charge in [0.2, 0.25) is 0 Å². The Kier molecular flexibility index (Phi) is 4.47. The standard InChI is InChI=1S/C15H14N2O3/c1-11(17-20-10-15(18)19)12-5-7-13(8-6-12)14-4-2-3-9-16-14/h2-9,17H,1,10H2,(H,18,19). The summed E-state index contributed by atoms with van der Waals surface area (Å²) in [7, 11) is 0. The number of hydroxylamine groups is 1. The second-order valence-corrected chi connectivity index (χ2v) is 4.06. The molecule has 1 aromatic carbocycles. The molecule has 0 amide bonds. The molecule has 0 saturated carbocycles. The molecule has 0 aliphatic rings. The van der Waals surface area contributed by atoms with E-state index >= 15 is 0 Å². The Morgan fingerprint density at radius 2 is 2.00 bits per heavy atom. The molecule has 0 bridgehead atoms. The number of hydrogen-bond acceptors (Lipinski definition) is 4. The van der Waals surface area contributed by atoms with Crippen LogP contribution >= 0.6 is 0 Å². The second-order valence-electron chi connectivity index (χ2n) is 4.06. The van der Waals surface area contributed by atoms with Gasteiger partial charge in [0.05, 0.1) is 11.4 Å². The Balaban J connectivity index is 2.01. The summed E-state index contributed by atoms with van der Waals surface area (Å²) in [5.41, 5.74) is 5.70. The molecular formula is C15H14N2O3. The Morgan fingerprint density at radius 3 is 2.60 bits per heavy atom. The zero-order chi connectivity index (χ0) is 14.4. The molecule has 2 rings (SSSR count). The highest BCUT2D eigenvalue weighted by Crippen LogP contribution is 2.19. The number of hydrogen-bond donors (Lipinski definition) is 2. The number of carboxylic acids is 1. The van der Waals surface area contributed by atoms with E-state index in [1.807, 2.05) is 42.5 Å². The monoisotopic (exact) mass is 270 g/mol. The summed E-state index contributed by atoms with van der Waals surface area (Å²) >= 11 is 0. The molecule has 0 aliphatic carbocycles. The predicted molar refractivity (Wildman–Crippen MR) is 75.4 cm³/mol. The lowest BCUT2D eigenvalue weighted by molar-refractivity contribution is -0.143. The first-order chi connectivity index (χ1) is 9.66. The number of nitrogens with zero attached hydrogens (tertiary/aromatic N) is 1. The third kappa shape index (κ3) is 3.66. The fourth-order valence-corrected chi connectivity index (χ4v) is 1.62. The van der Waals surface area contributed by atoms with Crippen molar-refractivity contribution in [1.82, 2.24) is 10.5 Å². The number of carboxylic acid groups (broad SMARTS) is 1. The predicted octanol–water partition coefficient (Wildman–Crippen LogP) is 2.33. The number of pyridine rings is 1. The normalized spacial score (nSPS) is 10.0.